The van der Waals surface area contributed by atoms with E-state index in [4.69, 9.17) is 0 Å². The summed E-state index contributed by atoms with van der Waals surface area (Å²) in [7, 11) is 2.06. The first-order valence-corrected chi connectivity index (χ1v) is 6.99. The van der Waals surface area contributed by atoms with E-state index in [-0.39, 0.29) is 12.1 Å². The molecule has 1 aliphatic rings. The van der Waals surface area contributed by atoms with Crippen LogP contribution in [0.4, 0.5) is 14.5 Å². The third kappa shape index (κ3) is 4.18. The number of benzene rings is 1. The highest BCUT2D eigenvalue weighted by atomic mass is 19.1. The molecule has 1 aliphatic heterocycles. The van der Waals surface area contributed by atoms with Crippen LogP contribution in [0.25, 0.3) is 0 Å². The van der Waals surface area contributed by atoms with Crippen molar-refractivity contribution >= 4 is 5.69 Å². The van der Waals surface area contributed by atoms with Crippen molar-refractivity contribution in [3.8, 4) is 0 Å². The van der Waals surface area contributed by atoms with Crippen LogP contribution in [0, 0.1) is 27.7 Å². The molecule has 0 aliphatic carbocycles. The van der Waals surface area contributed by atoms with Gasteiger partial charge in [-0.3, -0.25) is 10.1 Å². The number of nitro benzene ring substituents is 1. The summed E-state index contributed by atoms with van der Waals surface area (Å²) in [6, 6.07) is 1.54. The summed E-state index contributed by atoms with van der Waals surface area (Å²) < 4.78 is 26.8. The second-order valence-corrected chi connectivity index (χ2v) is 5.55. The van der Waals surface area contributed by atoms with Crippen molar-refractivity contribution in [3.63, 3.8) is 0 Å². The predicted octanol–water partition coefficient (Wildman–Crippen LogP) is 2.30. The number of hydrogen-bond acceptors (Lipinski definition) is 4. The van der Waals surface area contributed by atoms with Crippen molar-refractivity contribution in [1.29, 1.82) is 0 Å². The van der Waals surface area contributed by atoms with Gasteiger partial charge < -0.3 is 10.2 Å². The quantitative estimate of drug-likeness (QED) is 0.669. The normalized spacial score (nSPS) is 19.7. The molecule has 5 nitrogen and oxygen atoms in total. The minimum absolute atomic E-state index is 0.118. The first-order chi connectivity index (χ1) is 9.97. The van der Waals surface area contributed by atoms with Crippen molar-refractivity contribution in [2.45, 2.75) is 19.4 Å². The average Bonchev–Trinajstić information content (AvgIpc) is 2.41. The standard InChI is InChI=1S/C14H19F2N3O2/c1-18-4-2-3-10(9-18)7-17-8-11-5-14(19(20)21)13(16)6-12(11)15/h5-6,10,17H,2-4,7-9H2,1H3. The molecule has 0 bridgehead atoms. The Morgan fingerprint density at radius 3 is 2.86 bits per heavy atom. The van der Waals surface area contributed by atoms with E-state index in [1.165, 1.54) is 0 Å². The minimum Gasteiger partial charge on any atom is -0.312 e. The Morgan fingerprint density at radius 2 is 2.19 bits per heavy atom. The zero-order chi connectivity index (χ0) is 15.4. The summed E-state index contributed by atoms with van der Waals surface area (Å²) in [6.07, 6.45) is 2.25. The highest BCUT2D eigenvalue weighted by Crippen LogP contribution is 2.21. The molecule has 0 aromatic heterocycles. The number of likely N-dealkylation sites (tertiary alicyclic amines) is 1. The van der Waals surface area contributed by atoms with Crippen molar-refractivity contribution < 1.29 is 13.7 Å². The van der Waals surface area contributed by atoms with Crippen molar-refractivity contribution in [1.82, 2.24) is 10.2 Å². The molecule has 1 unspecified atom stereocenters. The fourth-order valence-electron chi connectivity index (χ4n) is 2.71. The summed E-state index contributed by atoms with van der Waals surface area (Å²) in [4.78, 5) is 12.1. The molecule has 7 heteroatoms. The van der Waals surface area contributed by atoms with E-state index in [2.05, 4.69) is 17.3 Å². The van der Waals surface area contributed by atoms with Crippen molar-refractivity contribution in [3.05, 3.63) is 39.4 Å². The molecule has 0 spiro atoms. The van der Waals surface area contributed by atoms with Gasteiger partial charge in [0, 0.05) is 30.8 Å². The Balaban J connectivity index is 1.93. The zero-order valence-electron chi connectivity index (χ0n) is 11.9. The maximum atomic E-state index is 13.6. The molecule has 1 atom stereocenters. The zero-order valence-corrected chi connectivity index (χ0v) is 11.9. The van der Waals surface area contributed by atoms with E-state index >= 15 is 0 Å². The second-order valence-electron chi connectivity index (χ2n) is 5.55. The fraction of sp³-hybridized carbons (Fsp3) is 0.571. The number of nitrogens with one attached hydrogen (secondary N) is 1. The van der Waals surface area contributed by atoms with Crippen LogP contribution in [-0.2, 0) is 6.54 Å². The predicted molar refractivity (Wildman–Crippen MR) is 74.9 cm³/mol. The van der Waals surface area contributed by atoms with Crippen LogP contribution >= 0.6 is 0 Å². The Hall–Kier alpha value is -1.60. The monoisotopic (exact) mass is 299 g/mol. The van der Waals surface area contributed by atoms with Gasteiger partial charge in [0.1, 0.15) is 5.82 Å². The van der Waals surface area contributed by atoms with Crippen LogP contribution in [0.2, 0.25) is 0 Å². The molecule has 0 amide bonds. The van der Waals surface area contributed by atoms with Gasteiger partial charge in [0.15, 0.2) is 0 Å². The highest BCUT2D eigenvalue weighted by Gasteiger charge is 2.19. The molecule has 0 saturated carbocycles. The fourth-order valence-corrected chi connectivity index (χ4v) is 2.71. The van der Waals surface area contributed by atoms with Crippen LogP contribution in [0.15, 0.2) is 12.1 Å². The van der Waals surface area contributed by atoms with Gasteiger partial charge in [0.2, 0.25) is 5.82 Å². The van der Waals surface area contributed by atoms with Crippen LogP contribution < -0.4 is 5.32 Å². The van der Waals surface area contributed by atoms with Crippen molar-refractivity contribution in [2.24, 2.45) is 5.92 Å². The van der Waals surface area contributed by atoms with Crippen LogP contribution in [0.3, 0.4) is 0 Å². The number of piperidine rings is 1. The van der Waals surface area contributed by atoms with E-state index in [0.717, 1.165) is 38.5 Å². The number of halogens is 2. The first-order valence-electron chi connectivity index (χ1n) is 6.99. The van der Waals surface area contributed by atoms with Gasteiger partial charge in [-0.1, -0.05) is 0 Å². The van der Waals surface area contributed by atoms with Gasteiger partial charge in [-0.05, 0) is 38.9 Å². The molecule has 1 saturated heterocycles. The number of hydrogen-bond donors (Lipinski definition) is 1. The summed E-state index contributed by atoms with van der Waals surface area (Å²) >= 11 is 0. The van der Waals surface area contributed by atoms with Crippen LogP contribution in [0.5, 0.6) is 0 Å². The molecule has 1 N–H and O–H groups in total. The van der Waals surface area contributed by atoms with Gasteiger partial charge in [-0.2, -0.15) is 4.39 Å². The lowest BCUT2D eigenvalue weighted by molar-refractivity contribution is -0.387. The Morgan fingerprint density at radius 1 is 1.43 bits per heavy atom. The average molecular weight is 299 g/mol. The second kappa shape index (κ2) is 6.91. The lowest BCUT2D eigenvalue weighted by Gasteiger charge is -2.29. The summed E-state index contributed by atoms with van der Waals surface area (Å²) in [5.41, 5.74) is -0.571. The SMILES string of the molecule is CN1CCCC(CNCc2cc([N+](=O)[O-])c(F)cc2F)C1. The van der Waals surface area contributed by atoms with E-state index < -0.39 is 22.2 Å². The first kappa shape index (κ1) is 15.8. The van der Waals surface area contributed by atoms with E-state index in [0.29, 0.717) is 12.0 Å². The molecule has 1 fully saturated rings. The summed E-state index contributed by atoms with van der Waals surface area (Å²) in [5.74, 6) is -1.41. The smallest absolute Gasteiger partial charge is 0.305 e. The van der Waals surface area contributed by atoms with E-state index in [9.17, 15) is 18.9 Å². The van der Waals surface area contributed by atoms with Gasteiger partial charge in [-0.15, -0.1) is 0 Å². The Labute approximate surface area is 122 Å². The number of nitrogens with zero attached hydrogens (tertiary/aromatic N) is 2. The molecule has 1 aromatic carbocycles. The van der Waals surface area contributed by atoms with Gasteiger partial charge >= 0.3 is 5.69 Å². The number of nitro groups is 1. The van der Waals surface area contributed by atoms with Gasteiger partial charge in [0.25, 0.3) is 0 Å². The topological polar surface area (TPSA) is 58.4 Å². The molecule has 1 aromatic rings. The van der Waals surface area contributed by atoms with Gasteiger partial charge in [-0.25, -0.2) is 4.39 Å². The van der Waals surface area contributed by atoms with Crippen LogP contribution in [-0.4, -0.2) is 36.5 Å². The molecule has 116 valence electrons. The summed E-state index contributed by atoms with van der Waals surface area (Å²) in [6.45, 7) is 2.95. The third-order valence-electron chi connectivity index (χ3n) is 3.78. The third-order valence-corrected chi connectivity index (χ3v) is 3.78. The van der Waals surface area contributed by atoms with Gasteiger partial charge in [0.05, 0.1) is 4.92 Å². The maximum absolute atomic E-state index is 13.6. The highest BCUT2D eigenvalue weighted by molar-refractivity contribution is 5.37. The lowest BCUT2D eigenvalue weighted by atomic mass is 9.98. The molecular formula is C14H19F2N3O2. The van der Waals surface area contributed by atoms with E-state index in [1.54, 1.807) is 0 Å². The number of rotatable bonds is 5. The molecule has 1 heterocycles. The van der Waals surface area contributed by atoms with Crippen LogP contribution in [0.1, 0.15) is 18.4 Å². The summed E-state index contributed by atoms with van der Waals surface area (Å²) in [5, 5.41) is 13.8. The minimum atomic E-state index is -1.14. The Bertz CT molecular complexity index is 525. The Kier molecular flexibility index (Phi) is 5.19. The van der Waals surface area contributed by atoms with Crippen molar-refractivity contribution in [2.75, 3.05) is 26.7 Å². The molecule has 0 radical (unpaired) electrons. The molecular weight excluding hydrogens is 280 g/mol. The van der Waals surface area contributed by atoms with E-state index in [1.807, 2.05) is 0 Å². The molecule has 21 heavy (non-hydrogen) atoms. The largest absolute Gasteiger partial charge is 0.312 e. The maximum Gasteiger partial charge on any atom is 0.305 e. The lowest BCUT2D eigenvalue weighted by Crippen LogP contribution is -2.37. The molecule has 2 rings (SSSR count).